The molecule has 5 heterocycles. The van der Waals surface area contributed by atoms with Crippen molar-refractivity contribution in [2.45, 2.75) is 107 Å². The topological polar surface area (TPSA) is 179 Å². The molecular formula is C58H68F3N9O7S. The van der Waals surface area contributed by atoms with Crippen LogP contribution in [0.3, 0.4) is 0 Å². The Bertz CT molecular complexity index is 3280. The molecule has 3 aliphatic heterocycles. The Kier molecular flexibility index (Phi) is 15.5. The van der Waals surface area contributed by atoms with E-state index in [-0.39, 0.29) is 70.8 Å². The van der Waals surface area contributed by atoms with Gasteiger partial charge in [0, 0.05) is 95.4 Å². The lowest BCUT2D eigenvalue weighted by Crippen LogP contribution is -2.60. The number of hydrogen-bond donors (Lipinski definition) is 3. The number of nitro benzene ring substituents is 1. The van der Waals surface area contributed by atoms with Crippen LogP contribution in [0.4, 0.5) is 30.2 Å². The van der Waals surface area contributed by atoms with Crippen molar-refractivity contribution in [3.8, 4) is 17.2 Å². The van der Waals surface area contributed by atoms with Crippen molar-refractivity contribution in [1.29, 1.82) is 0 Å². The van der Waals surface area contributed by atoms with Gasteiger partial charge >= 0.3 is 0 Å². The molecule has 2 aromatic heterocycles. The van der Waals surface area contributed by atoms with Gasteiger partial charge in [0.2, 0.25) is 0 Å². The maximum absolute atomic E-state index is 16.6. The fourth-order valence-corrected chi connectivity index (χ4v) is 13.1. The maximum atomic E-state index is 16.6. The monoisotopic (exact) mass is 1090 g/mol. The van der Waals surface area contributed by atoms with Crippen molar-refractivity contribution in [2.75, 3.05) is 69.7 Å². The number of nitrogens with zero attached hydrogens (tertiary/aromatic N) is 6. The summed E-state index contributed by atoms with van der Waals surface area (Å²) < 4.78 is 88.5. The number of sulfonamides is 1. The predicted molar refractivity (Wildman–Crippen MR) is 294 cm³/mol. The molecule has 1 amide bonds. The second-order valence-corrected chi connectivity index (χ2v) is 24.0. The number of fused-ring (bicyclic) bond motifs is 1. The number of rotatable bonds is 17. The second-order valence-electron chi connectivity index (χ2n) is 22.3. The van der Waals surface area contributed by atoms with Crippen molar-refractivity contribution in [3.63, 3.8) is 0 Å². The van der Waals surface area contributed by atoms with E-state index in [1.807, 2.05) is 35.6 Å². The third-order valence-corrected chi connectivity index (χ3v) is 18.0. The molecule has 1 saturated carbocycles. The molecule has 78 heavy (non-hydrogen) atoms. The standard InChI is InChI=1S/C58H68F3N9O7S/c1-37(2)44-8-6-7-9-45(44)53-35-66(34-39-10-12-41(76-5)13-11-39)24-25-69(53)40-30-57(31-40)16-20-68(21-17-57)51-29-54(77-42-26-46-49(60)33-63-55(46)62-32-42)47(28-48(51)59)56(71)65-78(74,75)43-14-15-50(52(27-43)70(72)73)64-36-58(61)18-22-67(23-19-58)38(3)4/h6-15,26-29,32-33,37-38,40,53,64H,16-25,30-31,34-36H2,1-5H3,(H,62,63)(H,65,71). The fraction of sp³-hybridized carbons (Fsp3) is 0.448. The van der Waals surface area contributed by atoms with Gasteiger partial charge in [-0.1, -0.05) is 50.2 Å². The van der Waals surface area contributed by atoms with Gasteiger partial charge < -0.3 is 29.6 Å². The van der Waals surface area contributed by atoms with Crippen LogP contribution in [0, 0.1) is 27.2 Å². The van der Waals surface area contributed by atoms with E-state index in [4.69, 9.17) is 9.47 Å². The number of alkyl halides is 1. The van der Waals surface area contributed by atoms with Crippen LogP contribution in [-0.4, -0.2) is 121 Å². The first-order chi connectivity index (χ1) is 37.3. The number of hydrogen-bond acceptors (Lipinski definition) is 13. The first-order valence-corrected chi connectivity index (χ1v) is 28.4. The third kappa shape index (κ3) is 11.5. The van der Waals surface area contributed by atoms with Gasteiger partial charge in [0.05, 0.1) is 39.8 Å². The lowest BCUT2D eigenvalue weighted by molar-refractivity contribution is -0.384. The van der Waals surface area contributed by atoms with Gasteiger partial charge in [0.25, 0.3) is 21.6 Å². The smallest absolute Gasteiger partial charge is 0.293 e. The number of aromatic nitrogens is 2. The average Bonchev–Trinajstić information content (AvgIpc) is 3.96. The first kappa shape index (κ1) is 54.6. The highest BCUT2D eigenvalue weighted by Gasteiger charge is 2.50. The molecule has 20 heteroatoms. The highest BCUT2D eigenvalue weighted by Crippen LogP contribution is 2.54. The number of halogens is 3. The molecule has 4 fully saturated rings. The molecule has 0 bridgehead atoms. The summed E-state index contributed by atoms with van der Waals surface area (Å²) in [6.07, 6.45) is 6.46. The Morgan fingerprint density at radius 3 is 2.32 bits per heavy atom. The van der Waals surface area contributed by atoms with Crippen LogP contribution in [0.1, 0.15) is 105 Å². The van der Waals surface area contributed by atoms with Gasteiger partial charge in [0.15, 0.2) is 0 Å². The second kappa shape index (κ2) is 22.2. The highest BCUT2D eigenvalue weighted by atomic mass is 32.2. The van der Waals surface area contributed by atoms with Crippen LogP contribution in [0.2, 0.25) is 0 Å². The van der Waals surface area contributed by atoms with E-state index in [1.165, 1.54) is 35.0 Å². The molecule has 1 spiro atoms. The highest BCUT2D eigenvalue weighted by molar-refractivity contribution is 7.90. The number of carbonyl (C=O) groups is 1. The van der Waals surface area contributed by atoms with E-state index in [9.17, 15) is 27.7 Å². The van der Waals surface area contributed by atoms with E-state index in [2.05, 4.69) is 80.2 Å². The molecule has 1 unspecified atom stereocenters. The van der Waals surface area contributed by atoms with E-state index in [1.54, 1.807) is 7.11 Å². The largest absolute Gasteiger partial charge is 0.497 e. The number of nitrogens with one attached hydrogen (secondary N) is 3. The van der Waals surface area contributed by atoms with Crippen LogP contribution < -0.4 is 24.4 Å². The summed E-state index contributed by atoms with van der Waals surface area (Å²) >= 11 is 0. The Morgan fingerprint density at radius 1 is 0.897 bits per heavy atom. The number of anilines is 2. The summed E-state index contributed by atoms with van der Waals surface area (Å²) in [6.45, 7) is 14.0. The lowest BCUT2D eigenvalue weighted by Gasteiger charge is -2.58. The SMILES string of the molecule is COc1ccc(CN2CCN(C3CC4(CCN(c5cc(Oc6cnc7[nH]cc(F)c7c6)c(C(=O)NS(=O)(=O)c6ccc(NCC7(F)CCN(C(C)C)CC7)c([N+](=O)[O-])c6)cc5F)CC4)C3)C(c3ccccc3C(C)C)C2)cc1. The summed E-state index contributed by atoms with van der Waals surface area (Å²) in [4.78, 5) is 41.2. The Hall–Kier alpha value is -6.74. The molecular weight excluding hydrogens is 1020 g/mol. The number of amides is 1. The van der Waals surface area contributed by atoms with Crippen molar-refractivity contribution < 1.29 is 40.8 Å². The van der Waals surface area contributed by atoms with E-state index in [0.29, 0.717) is 38.1 Å². The van der Waals surface area contributed by atoms with Gasteiger partial charge in [-0.05, 0) is 117 Å². The molecule has 3 N–H and O–H groups in total. The molecule has 6 aromatic rings. The number of piperazine rings is 1. The summed E-state index contributed by atoms with van der Waals surface area (Å²) in [7, 11) is -3.17. The minimum Gasteiger partial charge on any atom is -0.497 e. The quantitative estimate of drug-likeness (QED) is 0.0581. The lowest BCUT2D eigenvalue weighted by atomic mass is 9.59. The number of pyridine rings is 1. The molecule has 1 aliphatic carbocycles. The van der Waals surface area contributed by atoms with Gasteiger partial charge in [-0.2, -0.15) is 0 Å². The molecule has 4 aliphatic rings. The van der Waals surface area contributed by atoms with Crippen LogP contribution in [0.15, 0.2) is 102 Å². The number of H-pyrrole nitrogens is 1. The van der Waals surface area contributed by atoms with Crippen molar-refractivity contribution in [2.24, 2.45) is 5.41 Å². The molecule has 4 aromatic carbocycles. The van der Waals surface area contributed by atoms with Crippen molar-refractivity contribution in [3.05, 3.63) is 141 Å². The molecule has 10 rings (SSSR count). The normalized spacial score (nSPS) is 19.3. The molecule has 1 atom stereocenters. The zero-order valence-corrected chi connectivity index (χ0v) is 45.6. The van der Waals surface area contributed by atoms with Crippen LogP contribution >= 0.6 is 0 Å². The number of likely N-dealkylation sites (tertiary alicyclic amines) is 1. The average molecular weight is 1090 g/mol. The molecule has 414 valence electrons. The number of piperidine rings is 2. The summed E-state index contributed by atoms with van der Waals surface area (Å²) in [5, 5.41) is 15.2. The minimum atomic E-state index is -4.84. The number of aromatic amines is 1. The summed E-state index contributed by atoms with van der Waals surface area (Å²) in [5.41, 5.74) is 1.50. The molecule has 0 radical (unpaired) electrons. The Labute approximate surface area is 453 Å². The third-order valence-electron chi connectivity index (χ3n) is 16.7. The zero-order chi connectivity index (χ0) is 55.1. The van der Waals surface area contributed by atoms with E-state index >= 15 is 8.78 Å². The zero-order valence-electron chi connectivity index (χ0n) is 44.7. The Morgan fingerprint density at radius 2 is 1.63 bits per heavy atom. The first-order valence-electron chi connectivity index (χ1n) is 26.9. The number of methoxy groups -OCH3 is 1. The summed E-state index contributed by atoms with van der Waals surface area (Å²) in [5.74, 6) is -1.75. The van der Waals surface area contributed by atoms with E-state index in [0.717, 1.165) is 88.1 Å². The number of carbonyl (C=O) groups excluding carboxylic acids is 1. The Balaban J connectivity index is 0.850. The molecule has 16 nitrogen and oxygen atoms in total. The fourth-order valence-electron chi connectivity index (χ4n) is 12.1. The van der Waals surface area contributed by atoms with Gasteiger partial charge in [0.1, 0.15) is 45.9 Å². The summed E-state index contributed by atoms with van der Waals surface area (Å²) in [6, 6.07) is 24.5. The van der Waals surface area contributed by atoms with Crippen LogP contribution in [0.5, 0.6) is 17.2 Å². The minimum absolute atomic E-state index is 0.0105. The number of benzene rings is 4. The number of ether oxygens (including phenoxy) is 2. The van der Waals surface area contributed by atoms with Crippen molar-refractivity contribution in [1.82, 2.24) is 29.4 Å². The van der Waals surface area contributed by atoms with Crippen LogP contribution in [0.25, 0.3) is 11.0 Å². The number of nitro groups is 1. The van der Waals surface area contributed by atoms with Crippen LogP contribution in [-0.2, 0) is 16.6 Å². The molecule has 3 saturated heterocycles. The maximum Gasteiger partial charge on any atom is 0.293 e. The van der Waals surface area contributed by atoms with Gasteiger partial charge in [-0.15, -0.1) is 0 Å². The van der Waals surface area contributed by atoms with Gasteiger partial charge in [-0.3, -0.25) is 24.7 Å². The van der Waals surface area contributed by atoms with Crippen molar-refractivity contribution >= 4 is 44.0 Å². The predicted octanol–water partition coefficient (Wildman–Crippen LogP) is 10.7. The van der Waals surface area contributed by atoms with Gasteiger partial charge in [-0.25, -0.2) is 31.3 Å². The van der Waals surface area contributed by atoms with E-state index < -0.39 is 54.3 Å².